The van der Waals surface area contributed by atoms with E-state index in [-0.39, 0.29) is 11.7 Å². The molecule has 1 heterocycles. The molecule has 148 valence electrons. The zero-order valence-electron chi connectivity index (χ0n) is 16.6. The number of nitrogens with zero attached hydrogens (tertiary/aromatic N) is 2. The maximum absolute atomic E-state index is 13.2. The molecule has 3 saturated carbocycles. The lowest BCUT2D eigenvalue weighted by molar-refractivity contribution is -0.121. The molecule has 0 saturated heterocycles. The highest BCUT2D eigenvalue weighted by Gasteiger charge is 2.53. The van der Waals surface area contributed by atoms with E-state index in [1.165, 1.54) is 44.2 Å². The summed E-state index contributed by atoms with van der Waals surface area (Å²) >= 11 is 0. The number of amides is 1. The van der Waals surface area contributed by atoms with Crippen molar-refractivity contribution in [1.82, 2.24) is 15.1 Å². The summed E-state index contributed by atoms with van der Waals surface area (Å²) in [6.07, 6.45) is 7.00. The fraction of sp³-hybridized carbons (Fsp3) is 0.565. The van der Waals surface area contributed by atoms with Gasteiger partial charge in [-0.15, -0.1) is 0 Å². The Morgan fingerprint density at radius 2 is 1.89 bits per heavy atom. The highest BCUT2D eigenvalue weighted by atomic mass is 19.1. The molecule has 5 rings (SSSR count). The Balaban J connectivity index is 1.29. The van der Waals surface area contributed by atoms with E-state index >= 15 is 0 Å². The minimum absolute atomic E-state index is 0.108. The molecule has 4 nitrogen and oxygen atoms in total. The summed E-state index contributed by atoms with van der Waals surface area (Å²) in [6.45, 7) is 3.92. The number of fused-ring (bicyclic) bond motifs is 5. The number of hydrogen-bond donors (Lipinski definition) is 1. The van der Waals surface area contributed by atoms with Gasteiger partial charge in [-0.2, -0.15) is 5.10 Å². The fourth-order valence-corrected chi connectivity index (χ4v) is 6.42. The first-order chi connectivity index (χ1) is 13.5. The number of nitrogens with one attached hydrogen (secondary N) is 1. The normalized spacial score (nSPS) is 30.6. The van der Waals surface area contributed by atoms with Gasteiger partial charge in [-0.25, -0.2) is 9.07 Å². The molecule has 2 bridgehead atoms. The molecule has 0 aliphatic heterocycles. The molecular formula is C23H28FN3O. The van der Waals surface area contributed by atoms with Crippen LogP contribution in [0.4, 0.5) is 4.39 Å². The van der Waals surface area contributed by atoms with Crippen molar-refractivity contribution in [2.24, 2.45) is 23.7 Å². The highest BCUT2D eigenvalue weighted by molar-refractivity contribution is 5.79. The van der Waals surface area contributed by atoms with Gasteiger partial charge in [0.1, 0.15) is 5.82 Å². The standard InChI is InChI=1S/C23H28FN3O/c1-13-20(14(2)27(26-13)17-8-6-16(24)7-9-17)12-23(28)25-22-11-15-10-21(22)19-5-3-4-18(15)19/h6-9,15,18-19,21-22H,3-5,10-12H2,1-2H3,(H,25,28)/t15-,18-,19+,21-,22+/m1/s1. The molecule has 0 spiro atoms. The number of aryl methyl sites for hydroxylation is 1. The minimum atomic E-state index is -0.264. The van der Waals surface area contributed by atoms with Gasteiger partial charge in [-0.05, 0) is 87.5 Å². The van der Waals surface area contributed by atoms with Crippen molar-refractivity contribution in [3.8, 4) is 5.69 Å². The SMILES string of the molecule is Cc1nn(-c2ccc(F)cc2)c(C)c1CC(=O)N[C@H]1C[C@H]2C[C@@H]1[C@H]1CCC[C@H]21. The maximum Gasteiger partial charge on any atom is 0.224 e. The zero-order chi connectivity index (χ0) is 19.4. The summed E-state index contributed by atoms with van der Waals surface area (Å²) in [6, 6.07) is 6.66. The van der Waals surface area contributed by atoms with Crippen LogP contribution in [0.25, 0.3) is 5.69 Å². The Kier molecular flexibility index (Phi) is 4.29. The smallest absolute Gasteiger partial charge is 0.224 e. The predicted molar refractivity (Wildman–Crippen MR) is 106 cm³/mol. The van der Waals surface area contributed by atoms with Crippen LogP contribution in [0.2, 0.25) is 0 Å². The summed E-state index contributed by atoms with van der Waals surface area (Å²) in [7, 11) is 0. The Labute approximate surface area is 165 Å². The maximum atomic E-state index is 13.2. The zero-order valence-corrected chi connectivity index (χ0v) is 16.6. The second kappa shape index (κ2) is 6.71. The van der Waals surface area contributed by atoms with Crippen molar-refractivity contribution < 1.29 is 9.18 Å². The Morgan fingerprint density at radius 1 is 1.14 bits per heavy atom. The number of carbonyl (C=O) groups is 1. The van der Waals surface area contributed by atoms with Crippen LogP contribution in [-0.4, -0.2) is 21.7 Å². The summed E-state index contributed by atoms with van der Waals surface area (Å²) in [4.78, 5) is 12.8. The van der Waals surface area contributed by atoms with E-state index in [9.17, 15) is 9.18 Å². The molecule has 1 aromatic heterocycles. The van der Waals surface area contributed by atoms with Crippen LogP contribution in [-0.2, 0) is 11.2 Å². The molecule has 5 atom stereocenters. The van der Waals surface area contributed by atoms with Crippen LogP contribution in [0.15, 0.2) is 24.3 Å². The molecule has 3 fully saturated rings. The van der Waals surface area contributed by atoms with Crippen molar-refractivity contribution in [2.45, 2.75) is 58.4 Å². The number of carbonyl (C=O) groups excluding carboxylic acids is 1. The van der Waals surface area contributed by atoms with Crippen LogP contribution in [0.3, 0.4) is 0 Å². The van der Waals surface area contributed by atoms with E-state index in [2.05, 4.69) is 10.4 Å². The molecule has 0 unspecified atom stereocenters. The molecule has 3 aliphatic carbocycles. The minimum Gasteiger partial charge on any atom is -0.353 e. The highest BCUT2D eigenvalue weighted by Crippen LogP contribution is 2.58. The van der Waals surface area contributed by atoms with E-state index in [1.54, 1.807) is 16.8 Å². The summed E-state index contributed by atoms with van der Waals surface area (Å²) in [5.74, 6) is 3.18. The van der Waals surface area contributed by atoms with Crippen LogP contribution in [0, 0.1) is 43.3 Å². The summed E-state index contributed by atoms with van der Waals surface area (Å²) in [5, 5.41) is 7.95. The number of aromatic nitrogens is 2. The summed E-state index contributed by atoms with van der Waals surface area (Å²) < 4.78 is 15.0. The van der Waals surface area contributed by atoms with E-state index in [0.717, 1.165) is 40.4 Å². The second-order valence-corrected chi connectivity index (χ2v) is 9.04. The van der Waals surface area contributed by atoms with Gasteiger partial charge in [-0.1, -0.05) is 6.42 Å². The molecule has 3 aliphatic rings. The number of halogens is 1. The van der Waals surface area contributed by atoms with Crippen LogP contribution in [0.5, 0.6) is 0 Å². The lowest BCUT2D eigenvalue weighted by Gasteiger charge is -2.32. The third-order valence-corrected chi connectivity index (χ3v) is 7.62. The molecule has 5 heteroatoms. The second-order valence-electron chi connectivity index (χ2n) is 9.04. The monoisotopic (exact) mass is 381 g/mol. The molecular weight excluding hydrogens is 353 g/mol. The predicted octanol–water partition coefficient (Wildman–Crippen LogP) is 4.11. The summed E-state index contributed by atoms with van der Waals surface area (Å²) in [5.41, 5.74) is 3.60. The van der Waals surface area contributed by atoms with Gasteiger partial charge in [-0.3, -0.25) is 4.79 Å². The molecule has 0 radical (unpaired) electrons. The van der Waals surface area contributed by atoms with Crippen LogP contribution < -0.4 is 5.32 Å². The Bertz CT molecular complexity index is 903. The first-order valence-corrected chi connectivity index (χ1v) is 10.6. The van der Waals surface area contributed by atoms with Crippen LogP contribution >= 0.6 is 0 Å². The van der Waals surface area contributed by atoms with Gasteiger partial charge < -0.3 is 5.32 Å². The molecule has 1 aromatic carbocycles. The van der Waals surface area contributed by atoms with Crippen molar-refractivity contribution in [1.29, 1.82) is 0 Å². The van der Waals surface area contributed by atoms with E-state index in [4.69, 9.17) is 0 Å². The average Bonchev–Trinajstić information content (AvgIpc) is 3.41. The molecule has 1 N–H and O–H groups in total. The fourth-order valence-electron chi connectivity index (χ4n) is 6.42. The lowest BCUT2D eigenvalue weighted by atomic mass is 9.79. The van der Waals surface area contributed by atoms with Crippen molar-refractivity contribution in [3.05, 3.63) is 47.0 Å². The Hall–Kier alpha value is -2.17. The van der Waals surface area contributed by atoms with E-state index in [0.29, 0.717) is 18.4 Å². The third kappa shape index (κ3) is 2.87. The number of rotatable bonds is 4. The average molecular weight is 381 g/mol. The van der Waals surface area contributed by atoms with Gasteiger partial charge in [0, 0.05) is 17.3 Å². The van der Waals surface area contributed by atoms with Crippen LogP contribution in [0.1, 0.15) is 49.1 Å². The van der Waals surface area contributed by atoms with Gasteiger partial charge in [0.2, 0.25) is 5.91 Å². The molecule has 1 amide bonds. The quantitative estimate of drug-likeness (QED) is 0.866. The molecule has 28 heavy (non-hydrogen) atoms. The third-order valence-electron chi connectivity index (χ3n) is 7.62. The number of benzene rings is 1. The first kappa shape index (κ1) is 17.9. The van der Waals surface area contributed by atoms with E-state index < -0.39 is 0 Å². The van der Waals surface area contributed by atoms with E-state index in [1.807, 2.05) is 13.8 Å². The van der Waals surface area contributed by atoms with Gasteiger partial charge in [0.05, 0.1) is 17.8 Å². The van der Waals surface area contributed by atoms with Gasteiger partial charge >= 0.3 is 0 Å². The van der Waals surface area contributed by atoms with Gasteiger partial charge in [0.15, 0.2) is 0 Å². The Morgan fingerprint density at radius 3 is 2.68 bits per heavy atom. The molecule has 2 aromatic rings. The van der Waals surface area contributed by atoms with Crippen molar-refractivity contribution in [3.63, 3.8) is 0 Å². The van der Waals surface area contributed by atoms with Crippen molar-refractivity contribution >= 4 is 5.91 Å². The lowest BCUT2D eigenvalue weighted by Crippen LogP contribution is -2.43. The first-order valence-electron chi connectivity index (χ1n) is 10.6. The number of hydrogen-bond acceptors (Lipinski definition) is 2. The topological polar surface area (TPSA) is 46.9 Å². The van der Waals surface area contributed by atoms with Crippen molar-refractivity contribution in [2.75, 3.05) is 0 Å². The van der Waals surface area contributed by atoms with Gasteiger partial charge in [0.25, 0.3) is 0 Å². The largest absolute Gasteiger partial charge is 0.353 e.